The van der Waals surface area contributed by atoms with Gasteiger partial charge in [-0.25, -0.2) is 0 Å². The van der Waals surface area contributed by atoms with Gasteiger partial charge >= 0.3 is 0 Å². The smallest absolute Gasteiger partial charge is 0.137 e. The van der Waals surface area contributed by atoms with Crippen LogP contribution < -0.4 is 4.90 Å². The van der Waals surface area contributed by atoms with E-state index in [9.17, 15) is 0 Å². The lowest BCUT2D eigenvalue weighted by molar-refractivity contribution is 0.669. The van der Waals surface area contributed by atoms with Gasteiger partial charge in [-0.3, -0.25) is 0 Å². The first-order chi connectivity index (χ1) is 28.2. The van der Waals surface area contributed by atoms with Gasteiger partial charge in [0.25, 0.3) is 0 Å². The Kier molecular flexibility index (Phi) is 8.04. The molecule has 3 heteroatoms. The number of anilines is 3. The maximum atomic E-state index is 6.72. The van der Waals surface area contributed by atoms with Gasteiger partial charge < -0.3 is 9.32 Å². The van der Waals surface area contributed by atoms with E-state index in [1.807, 2.05) is 11.3 Å². The lowest BCUT2D eigenvalue weighted by Crippen LogP contribution is -2.10. The van der Waals surface area contributed by atoms with E-state index in [2.05, 4.69) is 217 Å². The zero-order chi connectivity index (χ0) is 37.7. The van der Waals surface area contributed by atoms with Crippen molar-refractivity contribution in [3.63, 3.8) is 0 Å². The molecule has 0 aliphatic heterocycles. The van der Waals surface area contributed by atoms with Crippen LogP contribution in [0.5, 0.6) is 0 Å². The Morgan fingerprint density at radius 1 is 0.351 bits per heavy atom. The standard InChI is InChI=1S/C54H35NOS/c1-5-14-36(15-6-1)40-22-13-23-43(32-40)55(44-26-29-47-46-27-24-41(37-16-7-2-8-17-37)33-50(46)56-51(47)35-44)49-31-30-45(39-20-11-4-12-21-39)54-53(49)48-28-25-42(34-52(48)57-54)38-18-9-3-10-19-38/h1-35H. The first kappa shape index (κ1) is 33.2. The molecule has 0 amide bonds. The zero-order valence-corrected chi connectivity index (χ0v) is 31.8. The van der Waals surface area contributed by atoms with E-state index in [1.165, 1.54) is 53.6 Å². The second kappa shape index (κ2) is 13.8. The highest BCUT2D eigenvalue weighted by molar-refractivity contribution is 7.26. The van der Waals surface area contributed by atoms with E-state index >= 15 is 0 Å². The Labute approximate surface area is 335 Å². The van der Waals surface area contributed by atoms with Crippen LogP contribution in [0.3, 0.4) is 0 Å². The summed E-state index contributed by atoms with van der Waals surface area (Å²) in [6.07, 6.45) is 0. The summed E-state index contributed by atoms with van der Waals surface area (Å²) in [6.45, 7) is 0. The molecule has 2 heterocycles. The summed E-state index contributed by atoms with van der Waals surface area (Å²) < 4.78 is 9.25. The molecule has 0 saturated carbocycles. The minimum atomic E-state index is 0.858. The van der Waals surface area contributed by atoms with Crippen molar-refractivity contribution in [1.29, 1.82) is 0 Å². The number of rotatable bonds is 7. The summed E-state index contributed by atoms with van der Waals surface area (Å²) in [5.74, 6) is 0. The molecule has 0 fully saturated rings. The fraction of sp³-hybridized carbons (Fsp3) is 0. The Bertz CT molecular complexity index is 3220. The molecular formula is C54H35NOS. The van der Waals surface area contributed by atoms with E-state index in [0.29, 0.717) is 0 Å². The van der Waals surface area contributed by atoms with Gasteiger partial charge in [-0.05, 0) is 93.0 Å². The minimum Gasteiger partial charge on any atom is -0.456 e. The van der Waals surface area contributed by atoms with Crippen LogP contribution in [-0.2, 0) is 0 Å². The molecule has 0 radical (unpaired) electrons. The molecule has 0 atom stereocenters. The Balaban J connectivity index is 1.16. The molecule has 11 aromatic rings. The maximum Gasteiger partial charge on any atom is 0.137 e. The van der Waals surface area contributed by atoms with Gasteiger partial charge in [-0.2, -0.15) is 0 Å². The van der Waals surface area contributed by atoms with Crippen LogP contribution >= 0.6 is 11.3 Å². The van der Waals surface area contributed by atoms with E-state index in [1.54, 1.807) is 0 Å². The van der Waals surface area contributed by atoms with Gasteiger partial charge in [-0.1, -0.05) is 158 Å². The molecule has 11 rings (SSSR count). The van der Waals surface area contributed by atoms with Crippen molar-refractivity contribution in [1.82, 2.24) is 0 Å². The van der Waals surface area contributed by atoms with Crippen molar-refractivity contribution in [2.45, 2.75) is 0 Å². The predicted molar refractivity (Wildman–Crippen MR) is 243 cm³/mol. The number of thiophene rings is 1. The van der Waals surface area contributed by atoms with Crippen LogP contribution in [0.4, 0.5) is 17.1 Å². The average Bonchev–Trinajstić information content (AvgIpc) is 3.86. The van der Waals surface area contributed by atoms with Crippen molar-refractivity contribution in [3.8, 4) is 44.5 Å². The van der Waals surface area contributed by atoms with Crippen LogP contribution in [0.15, 0.2) is 217 Å². The molecule has 9 aromatic carbocycles. The third-order valence-corrected chi connectivity index (χ3v) is 12.3. The molecule has 0 saturated heterocycles. The van der Waals surface area contributed by atoms with Crippen molar-refractivity contribution in [2.24, 2.45) is 0 Å². The topological polar surface area (TPSA) is 16.4 Å². The van der Waals surface area contributed by atoms with Crippen molar-refractivity contribution >= 4 is 70.5 Å². The quantitative estimate of drug-likeness (QED) is 0.162. The molecule has 0 aliphatic carbocycles. The molecule has 0 N–H and O–H groups in total. The Morgan fingerprint density at radius 3 is 1.51 bits per heavy atom. The van der Waals surface area contributed by atoms with E-state index < -0.39 is 0 Å². The first-order valence-electron chi connectivity index (χ1n) is 19.3. The van der Waals surface area contributed by atoms with Crippen LogP contribution in [0.2, 0.25) is 0 Å². The summed E-state index contributed by atoms with van der Waals surface area (Å²) in [4.78, 5) is 2.42. The molecule has 268 valence electrons. The molecule has 2 nitrogen and oxygen atoms in total. The van der Waals surface area contributed by atoms with E-state index in [0.717, 1.165) is 50.1 Å². The second-order valence-corrected chi connectivity index (χ2v) is 15.5. The first-order valence-corrected chi connectivity index (χ1v) is 20.1. The third kappa shape index (κ3) is 5.88. The number of benzene rings is 9. The lowest BCUT2D eigenvalue weighted by Gasteiger charge is -2.27. The third-order valence-electron chi connectivity index (χ3n) is 11.1. The van der Waals surface area contributed by atoms with Crippen LogP contribution in [-0.4, -0.2) is 0 Å². The highest BCUT2D eigenvalue weighted by Crippen LogP contribution is 2.50. The molecular weight excluding hydrogens is 711 g/mol. The van der Waals surface area contributed by atoms with Gasteiger partial charge in [-0.15, -0.1) is 11.3 Å². The van der Waals surface area contributed by atoms with Gasteiger partial charge in [0.15, 0.2) is 0 Å². The monoisotopic (exact) mass is 745 g/mol. The highest BCUT2D eigenvalue weighted by Gasteiger charge is 2.23. The molecule has 0 aliphatic rings. The van der Waals surface area contributed by atoms with Gasteiger partial charge in [0.2, 0.25) is 0 Å². The normalized spacial score (nSPS) is 11.5. The summed E-state index contributed by atoms with van der Waals surface area (Å²) in [7, 11) is 0. The summed E-state index contributed by atoms with van der Waals surface area (Å²) in [6, 6.07) is 76.3. The number of nitrogens with zero attached hydrogens (tertiary/aromatic N) is 1. The molecule has 0 unspecified atom stereocenters. The number of furan rings is 1. The van der Waals surface area contributed by atoms with Crippen LogP contribution in [0.25, 0.3) is 86.6 Å². The maximum absolute atomic E-state index is 6.72. The number of hydrogen-bond acceptors (Lipinski definition) is 3. The zero-order valence-electron chi connectivity index (χ0n) is 31.0. The van der Waals surface area contributed by atoms with E-state index in [4.69, 9.17) is 4.42 Å². The largest absolute Gasteiger partial charge is 0.456 e. The lowest BCUT2D eigenvalue weighted by atomic mass is 9.98. The van der Waals surface area contributed by atoms with Crippen molar-refractivity contribution < 1.29 is 4.42 Å². The highest BCUT2D eigenvalue weighted by atomic mass is 32.1. The Hall–Kier alpha value is -7.20. The van der Waals surface area contributed by atoms with E-state index in [-0.39, 0.29) is 0 Å². The SMILES string of the molecule is c1ccc(-c2cccc(N(c3ccc4c(c3)oc3cc(-c5ccccc5)ccc34)c3ccc(-c4ccccc4)c4sc5cc(-c6ccccc6)ccc5c34)c2)cc1. The van der Waals surface area contributed by atoms with Gasteiger partial charge in [0.05, 0.1) is 5.69 Å². The fourth-order valence-electron chi connectivity index (χ4n) is 8.30. The summed E-state index contributed by atoms with van der Waals surface area (Å²) >= 11 is 1.87. The summed E-state index contributed by atoms with van der Waals surface area (Å²) in [5.41, 5.74) is 14.5. The molecule has 0 bridgehead atoms. The molecule has 2 aromatic heterocycles. The second-order valence-electron chi connectivity index (χ2n) is 14.5. The average molecular weight is 746 g/mol. The van der Waals surface area contributed by atoms with Crippen molar-refractivity contribution in [2.75, 3.05) is 4.90 Å². The van der Waals surface area contributed by atoms with Crippen LogP contribution in [0.1, 0.15) is 0 Å². The summed E-state index contributed by atoms with van der Waals surface area (Å²) in [5, 5.41) is 4.69. The molecule has 57 heavy (non-hydrogen) atoms. The van der Waals surface area contributed by atoms with Crippen LogP contribution in [0, 0.1) is 0 Å². The fourth-order valence-corrected chi connectivity index (χ4v) is 9.60. The molecule has 0 spiro atoms. The van der Waals surface area contributed by atoms with Gasteiger partial charge in [0.1, 0.15) is 11.2 Å². The number of hydrogen-bond donors (Lipinski definition) is 0. The van der Waals surface area contributed by atoms with Crippen molar-refractivity contribution in [3.05, 3.63) is 212 Å². The van der Waals surface area contributed by atoms with Gasteiger partial charge in [0, 0.05) is 48.4 Å². The number of fused-ring (bicyclic) bond motifs is 6. The minimum absolute atomic E-state index is 0.858. The Morgan fingerprint density at radius 2 is 0.860 bits per heavy atom. The predicted octanol–water partition coefficient (Wildman–Crippen LogP) is 16.1.